The predicted octanol–water partition coefficient (Wildman–Crippen LogP) is 8.32. The van der Waals surface area contributed by atoms with E-state index in [2.05, 4.69) is 91.9 Å². The summed E-state index contributed by atoms with van der Waals surface area (Å²) in [6.07, 6.45) is -7.61. The van der Waals surface area contributed by atoms with E-state index in [-0.39, 0.29) is 10.9 Å². The van der Waals surface area contributed by atoms with Gasteiger partial charge in [0.2, 0.25) is 0 Å². The predicted molar refractivity (Wildman–Crippen MR) is 127 cm³/mol. The third-order valence-corrected chi connectivity index (χ3v) is 8.55. The molecule has 0 atom stereocenters. The minimum atomic E-state index is -8.29. The molecule has 0 aromatic heterocycles. The summed E-state index contributed by atoms with van der Waals surface area (Å²) < 4.78 is 189. The molecule has 0 aliphatic heterocycles. The highest BCUT2D eigenvalue weighted by Gasteiger charge is 2.91. The zero-order chi connectivity index (χ0) is 33.3. The summed E-state index contributed by atoms with van der Waals surface area (Å²) in [6, 6.07) is 30.4. The summed E-state index contributed by atoms with van der Waals surface area (Å²) in [5.74, 6) is -32.6. The Hall–Kier alpha value is -2.99. The van der Waals surface area contributed by atoms with Crippen LogP contribution in [0.25, 0.3) is 0 Å². The molecule has 0 aliphatic carbocycles. The fourth-order valence-corrected chi connectivity index (χ4v) is 5.63. The second-order valence-corrected chi connectivity index (χ2v) is 12.0. The highest BCUT2D eigenvalue weighted by molar-refractivity contribution is 7.97. The fraction of sp³-hybridized carbons (Fsp3) is 0.280. The van der Waals surface area contributed by atoms with E-state index in [1.54, 1.807) is 0 Å². The number of alkyl halides is 13. The maximum Gasteiger partial charge on any atom is 0.460 e. The van der Waals surface area contributed by atoms with Crippen molar-refractivity contribution in [2.24, 2.45) is 0 Å². The fourth-order valence-electron chi connectivity index (χ4n) is 3.11. The van der Waals surface area contributed by atoms with Gasteiger partial charge in [0.25, 0.3) is 0 Å². The van der Waals surface area contributed by atoms with Crippen molar-refractivity contribution in [1.29, 1.82) is 0 Å². The summed E-state index contributed by atoms with van der Waals surface area (Å²) >= 11 is 0. The van der Waals surface area contributed by atoms with E-state index in [0.29, 0.717) is 0 Å². The van der Waals surface area contributed by atoms with Crippen molar-refractivity contribution in [1.82, 2.24) is 0 Å². The molecule has 43 heavy (non-hydrogen) atoms. The maximum absolute atomic E-state index is 12.7. The van der Waals surface area contributed by atoms with E-state index in [4.69, 9.17) is 0 Å². The largest absolute Gasteiger partial charge is 0.743 e. The van der Waals surface area contributed by atoms with Crippen LogP contribution in [0.15, 0.2) is 99.6 Å². The minimum absolute atomic E-state index is 0.0229. The lowest BCUT2D eigenvalue weighted by molar-refractivity contribution is -0.433. The first-order valence-electron chi connectivity index (χ1n) is 11.2. The van der Waals surface area contributed by atoms with E-state index in [9.17, 15) is 70.0 Å². The summed E-state index contributed by atoms with van der Waals surface area (Å²) in [7, 11) is -7.88. The van der Waals surface area contributed by atoms with E-state index >= 15 is 0 Å². The Morgan fingerprint density at radius 1 is 0.512 bits per heavy atom. The van der Waals surface area contributed by atoms with Gasteiger partial charge in [0.05, 0.1) is 10.9 Å². The topological polar surface area (TPSA) is 57.2 Å². The van der Waals surface area contributed by atoms with Crippen LogP contribution < -0.4 is 0 Å². The Morgan fingerprint density at radius 2 is 0.837 bits per heavy atom. The molecular formula is C25H17F13O3S2. The van der Waals surface area contributed by atoms with Gasteiger partial charge in [-0.05, 0) is 43.3 Å². The van der Waals surface area contributed by atoms with Crippen molar-refractivity contribution >= 4 is 21.0 Å². The molecule has 0 N–H and O–H groups in total. The van der Waals surface area contributed by atoms with E-state index in [0.717, 1.165) is 0 Å². The van der Waals surface area contributed by atoms with Gasteiger partial charge in [0.1, 0.15) is 0 Å². The summed E-state index contributed by atoms with van der Waals surface area (Å²) in [5, 5.41) is -7.63. The Labute approximate surface area is 238 Å². The molecule has 0 radical (unpaired) electrons. The lowest BCUT2D eigenvalue weighted by Gasteiger charge is -2.39. The number of halogens is 13. The molecule has 0 saturated heterocycles. The second kappa shape index (κ2) is 12.2. The number of hydrogen-bond acceptors (Lipinski definition) is 3. The molecule has 18 heteroatoms. The summed E-state index contributed by atoms with van der Waals surface area (Å²) in [5.41, 5.74) is 1.30. The first kappa shape index (κ1) is 36.2. The van der Waals surface area contributed by atoms with Crippen molar-refractivity contribution in [2.75, 3.05) is 0 Å². The molecule has 0 saturated carbocycles. The molecule has 238 valence electrons. The van der Waals surface area contributed by atoms with Crippen LogP contribution in [0, 0.1) is 6.92 Å². The number of rotatable bonds is 8. The molecule has 0 unspecified atom stereocenters. The van der Waals surface area contributed by atoms with Gasteiger partial charge in [-0.15, -0.1) is 0 Å². The molecule has 3 aromatic carbocycles. The molecule has 0 spiro atoms. The van der Waals surface area contributed by atoms with E-state index in [1.165, 1.54) is 20.2 Å². The van der Waals surface area contributed by atoms with Crippen LogP contribution in [-0.4, -0.2) is 48.1 Å². The molecule has 0 amide bonds. The van der Waals surface area contributed by atoms with E-state index < -0.39 is 45.2 Å². The first-order chi connectivity index (χ1) is 19.3. The van der Waals surface area contributed by atoms with Crippen LogP contribution in [0.4, 0.5) is 57.1 Å². The SMILES string of the molecule is Cc1ccc([S+](c2ccccc2)c2ccccc2)cc1.O=S(=O)([O-])C(F)(F)C(F)(F)C(F)(F)C(F)(F)C(F)(F)C(F)(F)F. The number of benzene rings is 3. The van der Waals surface area contributed by atoms with Crippen molar-refractivity contribution < 1.29 is 70.0 Å². The highest BCUT2D eigenvalue weighted by Crippen LogP contribution is 2.60. The zero-order valence-electron chi connectivity index (χ0n) is 21.0. The number of hydrogen-bond donors (Lipinski definition) is 0. The van der Waals surface area contributed by atoms with Gasteiger partial charge < -0.3 is 4.55 Å². The van der Waals surface area contributed by atoms with Gasteiger partial charge in [-0.1, -0.05) is 54.1 Å². The number of aryl methyl sites for hydroxylation is 1. The smallest absolute Gasteiger partial charge is 0.460 e. The molecule has 3 aromatic rings. The maximum atomic E-state index is 12.7. The monoisotopic (exact) mass is 676 g/mol. The van der Waals surface area contributed by atoms with Crippen LogP contribution in [0.3, 0.4) is 0 Å². The Kier molecular flexibility index (Phi) is 10.3. The van der Waals surface area contributed by atoms with Crippen molar-refractivity contribution in [3.05, 3.63) is 90.5 Å². The van der Waals surface area contributed by atoms with Crippen LogP contribution >= 0.6 is 0 Å². The normalized spacial score (nSPS) is 13.9. The third-order valence-electron chi connectivity index (χ3n) is 5.43. The summed E-state index contributed by atoms with van der Waals surface area (Å²) in [4.78, 5) is 4.10. The van der Waals surface area contributed by atoms with E-state index in [1.807, 2.05) is 0 Å². The Bertz CT molecular complexity index is 1420. The standard InChI is InChI=1S/C19H17S.C6HF13O3S/c1-16-12-14-19(15-13-16)20(17-8-4-2-5-9-17)18-10-6-3-7-11-18;7-1(8,3(11,12)5(15,16)17)2(9,10)4(13,14)6(18,19)23(20,21)22/h2-15H,1H3;(H,20,21,22)/q+1;/p-1. The zero-order valence-corrected chi connectivity index (χ0v) is 22.7. The van der Waals surface area contributed by atoms with Crippen LogP contribution in [0.2, 0.25) is 0 Å². The molecule has 3 rings (SSSR count). The molecular weight excluding hydrogens is 659 g/mol. The van der Waals surface area contributed by atoms with Gasteiger partial charge in [-0.3, -0.25) is 0 Å². The average Bonchev–Trinajstić information content (AvgIpc) is 2.90. The van der Waals surface area contributed by atoms with Gasteiger partial charge in [0, 0.05) is 0 Å². The van der Waals surface area contributed by atoms with Crippen molar-refractivity contribution in [3.8, 4) is 0 Å². The second-order valence-electron chi connectivity index (χ2n) is 8.51. The molecule has 0 aliphatic rings. The quantitative estimate of drug-likeness (QED) is 0.137. The highest BCUT2D eigenvalue weighted by atomic mass is 32.2. The van der Waals surface area contributed by atoms with Crippen LogP contribution in [0.1, 0.15) is 5.56 Å². The molecule has 0 fully saturated rings. The average molecular weight is 677 g/mol. The van der Waals surface area contributed by atoms with Crippen molar-refractivity contribution in [2.45, 2.75) is 56.7 Å². The van der Waals surface area contributed by atoms with Crippen LogP contribution in [-0.2, 0) is 21.0 Å². The molecule has 3 nitrogen and oxygen atoms in total. The Balaban J connectivity index is 0.000000302. The van der Waals surface area contributed by atoms with Crippen molar-refractivity contribution in [3.63, 3.8) is 0 Å². The molecule has 0 heterocycles. The lowest BCUT2D eigenvalue weighted by atomic mass is 9.98. The first-order valence-corrected chi connectivity index (χ1v) is 13.8. The van der Waals surface area contributed by atoms with Crippen LogP contribution in [0.5, 0.6) is 0 Å². The van der Waals surface area contributed by atoms with Gasteiger partial charge in [0.15, 0.2) is 24.8 Å². The van der Waals surface area contributed by atoms with Gasteiger partial charge >= 0.3 is 35.1 Å². The minimum Gasteiger partial charge on any atom is -0.743 e. The lowest BCUT2D eigenvalue weighted by Crippen LogP contribution is -2.71. The molecule has 0 bridgehead atoms. The van der Waals surface area contributed by atoms with Gasteiger partial charge in [-0.25, -0.2) is 8.42 Å². The van der Waals surface area contributed by atoms with Gasteiger partial charge in [-0.2, -0.15) is 57.1 Å². The summed E-state index contributed by atoms with van der Waals surface area (Å²) in [6.45, 7) is 2.13. The third kappa shape index (κ3) is 6.74. The Morgan fingerprint density at radius 3 is 1.16 bits per heavy atom.